The van der Waals surface area contributed by atoms with Crippen molar-refractivity contribution in [2.75, 3.05) is 29.6 Å². The number of hydrogen-bond acceptors (Lipinski definition) is 8. The molecular formula is C38H43ClN8O3S. The predicted octanol–water partition coefficient (Wildman–Crippen LogP) is 8.02. The van der Waals surface area contributed by atoms with Crippen LogP contribution >= 0.6 is 11.6 Å². The number of nitrogens with one attached hydrogen (secondary N) is 1. The summed E-state index contributed by atoms with van der Waals surface area (Å²) in [7, 11) is 0.0986. The van der Waals surface area contributed by atoms with Gasteiger partial charge < -0.3 is 10.2 Å². The highest BCUT2D eigenvalue weighted by atomic mass is 35.5. The third kappa shape index (κ3) is 10.0. The quantitative estimate of drug-likeness (QED) is 0.108. The Bertz CT molecular complexity index is 2050. The van der Waals surface area contributed by atoms with Crippen molar-refractivity contribution in [2.45, 2.75) is 44.0 Å². The van der Waals surface area contributed by atoms with Crippen LogP contribution in [0.25, 0.3) is 11.1 Å². The molecule has 2 heterocycles. The molecule has 0 bridgehead atoms. The van der Waals surface area contributed by atoms with Crippen molar-refractivity contribution in [3.05, 3.63) is 108 Å². The van der Waals surface area contributed by atoms with Gasteiger partial charge in [-0.15, -0.1) is 0 Å². The fraction of sp³-hybridized carbons (Fsp3) is 0.289. The predicted molar refractivity (Wildman–Crippen MR) is 205 cm³/mol. The average molecular weight is 727 g/mol. The molecule has 2 aromatic heterocycles. The van der Waals surface area contributed by atoms with Crippen LogP contribution in [0.4, 0.5) is 27.9 Å². The molecule has 0 aliphatic heterocycles. The Morgan fingerprint density at radius 2 is 1.73 bits per heavy atom. The van der Waals surface area contributed by atoms with Crippen molar-refractivity contribution in [1.29, 1.82) is 0 Å². The molecule has 11 nitrogen and oxygen atoms in total. The van der Waals surface area contributed by atoms with Crippen molar-refractivity contribution in [3.8, 4) is 11.1 Å². The summed E-state index contributed by atoms with van der Waals surface area (Å²) in [6, 6.07) is 24.3. The topological polar surface area (TPSA) is 126 Å². The van der Waals surface area contributed by atoms with Gasteiger partial charge in [0.05, 0.1) is 23.0 Å². The molecule has 1 N–H and O–H groups in total. The summed E-state index contributed by atoms with van der Waals surface area (Å²) in [5.41, 5.74) is 4.30. The van der Waals surface area contributed by atoms with E-state index in [0.29, 0.717) is 24.6 Å². The molecular weight excluding hydrogens is 684 g/mol. The highest BCUT2D eigenvalue weighted by Crippen LogP contribution is 2.33. The Hall–Kier alpha value is -5.07. The fourth-order valence-electron chi connectivity index (χ4n) is 5.78. The van der Waals surface area contributed by atoms with Crippen LogP contribution in [0.5, 0.6) is 0 Å². The van der Waals surface area contributed by atoms with Gasteiger partial charge in [-0.2, -0.15) is 10.1 Å². The first-order valence-electron chi connectivity index (χ1n) is 16.8. The van der Waals surface area contributed by atoms with Gasteiger partial charge in [0.15, 0.2) is 15.7 Å². The zero-order valence-electron chi connectivity index (χ0n) is 29.3. The molecule has 0 aliphatic rings. The minimum atomic E-state index is -3.49. The number of aryl methyl sites for hydroxylation is 1. The number of aromatic nitrogens is 4. The minimum absolute atomic E-state index is 0.114. The molecule has 3 aromatic carbocycles. The smallest absolute Gasteiger partial charge is 0.322 e. The molecule has 13 heteroatoms. The van der Waals surface area contributed by atoms with Gasteiger partial charge in [-0.05, 0) is 60.6 Å². The van der Waals surface area contributed by atoms with Gasteiger partial charge >= 0.3 is 6.03 Å². The minimum Gasteiger partial charge on any atom is -0.334 e. The molecule has 1 atom stereocenters. The number of halogens is 1. The summed E-state index contributed by atoms with van der Waals surface area (Å²) in [6.07, 6.45) is 11.6. The summed E-state index contributed by atoms with van der Waals surface area (Å²) in [5.74, 6) is 0.673. The lowest BCUT2D eigenvalue weighted by Crippen LogP contribution is -2.40. The van der Waals surface area contributed by atoms with Crippen molar-refractivity contribution in [3.63, 3.8) is 0 Å². The van der Waals surface area contributed by atoms with Gasteiger partial charge in [0.2, 0.25) is 0 Å². The number of hydrogen-bond donors (Lipinski definition) is 1. The maximum absolute atomic E-state index is 13.6. The monoisotopic (exact) mass is 726 g/mol. The lowest BCUT2D eigenvalue weighted by molar-refractivity contribution is 0.245. The van der Waals surface area contributed by atoms with E-state index in [4.69, 9.17) is 11.6 Å². The van der Waals surface area contributed by atoms with Gasteiger partial charge in [-0.3, -0.25) is 9.58 Å². The van der Waals surface area contributed by atoms with Crippen LogP contribution in [-0.2, 0) is 23.4 Å². The molecule has 5 aromatic rings. The zero-order chi connectivity index (χ0) is 36.4. The third-order valence-electron chi connectivity index (χ3n) is 8.42. The highest BCUT2D eigenvalue weighted by molar-refractivity contribution is 7.90. The summed E-state index contributed by atoms with van der Waals surface area (Å²) < 4.78 is 26.6. The van der Waals surface area contributed by atoms with Crippen molar-refractivity contribution in [2.24, 2.45) is 18.0 Å². The number of aliphatic imine (C=N–C) groups is 1. The maximum Gasteiger partial charge on any atom is 0.322 e. The van der Waals surface area contributed by atoms with E-state index < -0.39 is 9.84 Å². The third-order valence-corrected chi connectivity index (χ3v) is 9.83. The number of nitrogens with zero attached hydrogens (tertiary/aromatic N) is 7. The Labute approximate surface area is 305 Å². The summed E-state index contributed by atoms with van der Waals surface area (Å²) >= 11 is 6.48. The first-order chi connectivity index (χ1) is 24.5. The number of amides is 2. The Balaban J connectivity index is 1.29. The standard InChI is InChI=1S/C38H43ClN8O3S/c1-5-12-28(23-40-37-41-26-33(39)36(44-37)46(3)34-16-9-10-17-35(34)51(4,49)50)15-11-22-47(38(48)42-24-29-13-7-6-8-14-29)32-20-18-30(19-21-32)31-25-43-45(2)27-31/h6-10,13-14,16-21,23,25-28H,5,11-12,15,22,24H2,1-4H3,(H,42,48). The molecule has 266 valence electrons. The van der Waals surface area contributed by atoms with E-state index in [9.17, 15) is 13.2 Å². The SMILES string of the molecule is CCCC(C=Nc1ncc(Cl)c(N(C)c2ccccc2S(C)(=O)=O)n1)CCCN(C(=O)NCc1ccccc1)c1ccc(-c2cnn(C)c2)cc1. The van der Waals surface area contributed by atoms with Crippen LogP contribution in [0.1, 0.15) is 38.2 Å². The molecule has 0 saturated carbocycles. The molecule has 0 spiro atoms. The number of benzene rings is 3. The molecule has 0 fully saturated rings. The van der Waals surface area contributed by atoms with Gasteiger partial charge in [-0.25, -0.2) is 23.2 Å². The average Bonchev–Trinajstić information content (AvgIpc) is 3.57. The van der Waals surface area contributed by atoms with E-state index in [1.54, 1.807) is 45.8 Å². The number of carbonyl (C=O) groups excluding carboxylic acids is 1. The summed E-state index contributed by atoms with van der Waals surface area (Å²) in [4.78, 5) is 30.7. The first kappa shape index (κ1) is 37.2. The van der Waals surface area contributed by atoms with Crippen LogP contribution < -0.4 is 15.1 Å². The first-order valence-corrected chi connectivity index (χ1v) is 19.1. The number of urea groups is 1. The maximum atomic E-state index is 13.6. The number of anilines is 3. The van der Waals surface area contributed by atoms with Gasteiger partial charge in [0.1, 0.15) is 5.02 Å². The van der Waals surface area contributed by atoms with E-state index in [-0.39, 0.29) is 27.8 Å². The number of sulfone groups is 1. The van der Waals surface area contributed by atoms with Crippen LogP contribution in [-0.4, -0.2) is 60.3 Å². The Morgan fingerprint density at radius 1 is 1.00 bits per heavy atom. The van der Waals surface area contributed by atoms with Crippen molar-refractivity contribution < 1.29 is 13.2 Å². The highest BCUT2D eigenvalue weighted by Gasteiger charge is 2.20. The van der Waals surface area contributed by atoms with Crippen molar-refractivity contribution >= 4 is 56.8 Å². The van der Waals surface area contributed by atoms with E-state index >= 15 is 0 Å². The van der Waals surface area contributed by atoms with E-state index in [1.165, 1.54) is 12.5 Å². The van der Waals surface area contributed by atoms with Crippen LogP contribution in [0, 0.1) is 5.92 Å². The van der Waals surface area contributed by atoms with E-state index in [1.807, 2.05) is 80.3 Å². The molecule has 0 saturated heterocycles. The molecule has 51 heavy (non-hydrogen) atoms. The fourth-order valence-corrected chi connectivity index (χ4v) is 6.91. The largest absolute Gasteiger partial charge is 0.334 e. The Morgan fingerprint density at radius 3 is 2.41 bits per heavy atom. The van der Waals surface area contributed by atoms with E-state index in [2.05, 4.69) is 32.3 Å². The lowest BCUT2D eigenvalue weighted by atomic mass is 9.99. The second kappa shape index (κ2) is 17.2. The normalized spacial score (nSPS) is 12.2. The molecule has 0 aliphatic carbocycles. The number of carbonyl (C=O) groups is 1. The zero-order valence-corrected chi connectivity index (χ0v) is 30.8. The van der Waals surface area contributed by atoms with Crippen LogP contribution in [0.2, 0.25) is 5.02 Å². The van der Waals surface area contributed by atoms with Gasteiger partial charge in [0, 0.05) is 57.1 Å². The second-order valence-electron chi connectivity index (χ2n) is 12.4. The number of para-hydroxylation sites is 1. The van der Waals surface area contributed by atoms with Gasteiger partial charge in [-0.1, -0.05) is 79.5 Å². The lowest BCUT2D eigenvalue weighted by Gasteiger charge is -2.24. The molecule has 1 unspecified atom stereocenters. The second-order valence-corrected chi connectivity index (χ2v) is 14.7. The van der Waals surface area contributed by atoms with Crippen molar-refractivity contribution in [1.82, 2.24) is 25.1 Å². The molecule has 0 radical (unpaired) electrons. The van der Waals surface area contributed by atoms with Gasteiger partial charge in [0.25, 0.3) is 5.95 Å². The van der Waals surface area contributed by atoms with Crippen LogP contribution in [0.3, 0.4) is 0 Å². The molecule has 5 rings (SSSR count). The number of rotatable bonds is 15. The Kier molecular flexibility index (Phi) is 12.6. The summed E-state index contributed by atoms with van der Waals surface area (Å²) in [5, 5.41) is 7.62. The van der Waals surface area contributed by atoms with Crippen LogP contribution in [0.15, 0.2) is 107 Å². The summed E-state index contributed by atoms with van der Waals surface area (Å²) in [6.45, 7) is 3.05. The van der Waals surface area contributed by atoms with E-state index in [0.717, 1.165) is 48.1 Å². The molecule has 2 amide bonds.